The van der Waals surface area contributed by atoms with Gasteiger partial charge in [-0.3, -0.25) is 4.79 Å². The van der Waals surface area contributed by atoms with Crippen molar-refractivity contribution in [2.45, 2.75) is 12.5 Å². The van der Waals surface area contributed by atoms with Gasteiger partial charge in [0.25, 0.3) is 5.56 Å². The second kappa shape index (κ2) is 5.73. The van der Waals surface area contributed by atoms with Crippen LogP contribution in [0.3, 0.4) is 0 Å². The molecule has 1 atom stereocenters. The molecule has 2 aromatic heterocycles. The summed E-state index contributed by atoms with van der Waals surface area (Å²) in [6, 6.07) is 7.03. The monoisotopic (exact) mass is 359 g/mol. The van der Waals surface area contributed by atoms with Crippen LogP contribution in [-0.2, 0) is 9.84 Å². The van der Waals surface area contributed by atoms with E-state index in [1.165, 1.54) is 0 Å². The van der Waals surface area contributed by atoms with Crippen LogP contribution in [0.15, 0.2) is 41.5 Å². The Morgan fingerprint density at radius 2 is 2.16 bits per heavy atom. The van der Waals surface area contributed by atoms with Crippen molar-refractivity contribution < 1.29 is 13.2 Å². The molecule has 1 aliphatic heterocycles. The Hall–Kier alpha value is -2.61. The highest BCUT2D eigenvalue weighted by molar-refractivity contribution is 7.91. The number of fused-ring (bicyclic) bond motifs is 1. The number of imidazole rings is 1. The second-order valence-corrected chi connectivity index (χ2v) is 8.41. The Balaban J connectivity index is 1.82. The van der Waals surface area contributed by atoms with E-state index in [0.29, 0.717) is 29.1 Å². The van der Waals surface area contributed by atoms with Crippen LogP contribution in [0, 0.1) is 0 Å². The molecule has 1 aliphatic rings. The number of nitrogens with zero attached hydrogens (tertiary/aromatic N) is 2. The highest BCUT2D eigenvalue weighted by atomic mass is 32.2. The van der Waals surface area contributed by atoms with Gasteiger partial charge in [0.2, 0.25) is 0 Å². The summed E-state index contributed by atoms with van der Waals surface area (Å²) in [4.78, 5) is 19.7. The van der Waals surface area contributed by atoms with Gasteiger partial charge in [0.15, 0.2) is 9.84 Å². The van der Waals surface area contributed by atoms with Gasteiger partial charge >= 0.3 is 0 Å². The minimum Gasteiger partial charge on any atom is -0.497 e. The average Bonchev–Trinajstić information content (AvgIpc) is 3.19. The Morgan fingerprint density at radius 1 is 1.32 bits per heavy atom. The maximum absolute atomic E-state index is 12.6. The molecule has 4 rings (SSSR count). The number of sulfone groups is 1. The average molecular weight is 359 g/mol. The quantitative estimate of drug-likeness (QED) is 0.769. The lowest BCUT2D eigenvalue weighted by Crippen LogP contribution is -2.16. The Kier molecular flexibility index (Phi) is 3.64. The van der Waals surface area contributed by atoms with Crippen molar-refractivity contribution in [1.29, 1.82) is 0 Å². The third-order valence-electron chi connectivity index (χ3n) is 4.56. The molecule has 0 spiro atoms. The van der Waals surface area contributed by atoms with Crippen molar-refractivity contribution in [2.24, 2.45) is 0 Å². The predicted octanol–water partition coefficient (Wildman–Crippen LogP) is 1.76. The molecule has 1 N–H and O–H groups in total. The standard InChI is InChI=1S/C17H17N3O4S/c1-24-13-3-2-11-8-14(17(21)19-15(11)9-13)16-18-5-6-20(16)12-4-7-25(22,23)10-12/h2-3,5-6,8-9,12H,4,7,10H2,1H3,(H,19,21). The molecular formula is C17H17N3O4S. The second-order valence-electron chi connectivity index (χ2n) is 6.18. The van der Waals surface area contributed by atoms with Gasteiger partial charge in [0.05, 0.1) is 35.7 Å². The fourth-order valence-corrected chi connectivity index (χ4v) is 5.00. The minimum absolute atomic E-state index is 0.0824. The number of hydrogen-bond donors (Lipinski definition) is 1. The van der Waals surface area contributed by atoms with Crippen molar-refractivity contribution in [2.75, 3.05) is 18.6 Å². The van der Waals surface area contributed by atoms with E-state index in [-0.39, 0.29) is 23.1 Å². The van der Waals surface area contributed by atoms with E-state index in [9.17, 15) is 13.2 Å². The van der Waals surface area contributed by atoms with E-state index in [1.807, 2.05) is 12.1 Å². The lowest BCUT2D eigenvalue weighted by Gasteiger charge is -2.14. The number of hydrogen-bond acceptors (Lipinski definition) is 5. The fourth-order valence-electron chi connectivity index (χ4n) is 3.28. The van der Waals surface area contributed by atoms with E-state index in [0.717, 1.165) is 5.39 Å². The first kappa shape index (κ1) is 15.9. The number of pyridine rings is 1. The largest absolute Gasteiger partial charge is 0.497 e. The summed E-state index contributed by atoms with van der Waals surface area (Å²) >= 11 is 0. The molecule has 3 aromatic rings. The summed E-state index contributed by atoms with van der Waals surface area (Å²) in [7, 11) is -1.45. The van der Waals surface area contributed by atoms with E-state index in [2.05, 4.69) is 9.97 Å². The molecule has 3 heterocycles. The first-order valence-electron chi connectivity index (χ1n) is 7.91. The number of ether oxygens (including phenoxy) is 1. The zero-order valence-electron chi connectivity index (χ0n) is 13.6. The van der Waals surface area contributed by atoms with Crippen LogP contribution in [0.25, 0.3) is 22.3 Å². The molecule has 1 aromatic carbocycles. The van der Waals surface area contributed by atoms with Crippen LogP contribution in [0.1, 0.15) is 12.5 Å². The Bertz CT molecular complexity index is 1110. The number of nitrogens with one attached hydrogen (secondary N) is 1. The molecule has 1 saturated heterocycles. The summed E-state index contributed by atoms with van der Waals surface area (Å²) < 4.78 is 30.5. The third-order valence-corrected chi connectivity index (χ3v) is 6.31. The smallest absolute Gasteiger partial charge is 0.259 e. The van der Waals surface area contributed by atoms with Crippen LogP contribution in [0.5, 0.6) is 5.75 Å². The molecule has 0 amide bonds. The molecule has 0 radical (unpaired) electrons. The molecule has 1 unspecified atom stereocenters. The minimum atomic E-state index is -3.02. The van der Waals surface area contributed by atoms with Crippen molar-refractivity contribution in [3.8, 4) is 17.1 Å². The van der Waals surface area contributed by atoms with Crippen LogP contribution < -0.4 is 10.3 Å². The molecular weight excluding hydrogens is 342 g/mol. The van der Waals surface area contributed by atoms with Crippen LogP contribution in [-0.4, -0.2) is 41.6 Å². The number of H-pyrrole nitrogens is 1. The van der Waals surface area contributed by atoms with Crippen molar-refractivity contribution in [3.05, 3.63) is 47.0 Å². The highest BCUT2D eigenvalue weighted by Crippen LogP contribution is 2.29. The summed E-state index contributed by atoms with van der Waals surface area (Å²) in [5.74, 6) is 1.40. The highest BCUT2D eigenvalue weighted by Gasteiger charge is 2.30. The third kappa shape index (κ3) is 2.82. The Morgan fingerprint density at radius 3 is 2.88 bits per heavy atom. The molecule has 8 heteroatoms. The summed E-state index contributed by atoms with van der Waals surface area (Å²) in [6.07, 6.45) is 3.87. The van der Waals surface area contributed by atoms with Gasteiger partial charge in [0, 0.05) is 18.5 Å². The van der Waals surface area contributed by atoms with Crippen molar-refractivity contribution >= 4 is 20.7 Å². The predicted molar refractivity (Wildman–Crippen MR) is 94.6 cm³/mol. The van der Waals surface area contributed by atoms with Gasteiger partial charge in [0.1, 0.15) is 11.6 Å². The zero-order valence-corrected chi connectivity index (χ0v) is 14.4. The van der Waals surface area contributed by atoms with E-state index in [1.54, 1.807) is 36.2 Å². The normalized spacial score (nSPS) is 19.3. The molecule has 0 aliphatic carbocycles. The SMILES string of the molecule is COc1ccc2cc(-c3nccn3C3CCS(=O)(=O)C3)c(=O)[nH]c2c1. The van der Waals surface area contributed by atoms with E-state index >= 15 is 0 Å². The summed E-state index contributed by atoms with van der Waals surface area (Å²) in [5, 5.41) is 0.851. The van der Waals surface area contributed by atoms with Gasteiger partial charge in [-0.15, -0.1) is 0 Å². The van der Waals surface area contributed by atoms with Crippen molar-refractivity contribution in [1.82, 2.24) is 14.5 Å². The van der Waals surface area contributed by atoms with Gasteiger partial charge in [-0.05, 0) is 30.0 Å². The lowest BCUT2D eigenvalue weighted by atomic mass is 10.1. The molecule has 1 fully saturated rings. The van der Waals surface area contributed by atoms with Gasteiger partial charge in [-0.1, -0.05) is 0 Å². The van der Waals surface area contributed by atoms with Gasteiger partial charge in [-0.25, -0.2) is 13.4 Å². The molecule has 7 nitrogen and oxygen atoms in total. The van der Waals surface area contributed by atoms with Crippen LogP contribution in [0.4, 0.5) is 0 Å². The van der Waals surface area contributed by atoms with Crippen LogP contribution >= 0.6 is 0 Å². The van der Waals surface area contributed by atoms with E-state index < -0.39 is 9.84 Å². The number of benzene rings is 1. The maximum atomic E-state index is 12.6. The number of aromatic nitrogens is 3. The molecule has 0 bridgehead atoms. The Labute approximate surface area is 144 Å². The number of methoxy groups -OCH3 is 1. The van der Waals surface area contributed by atoms with Gasteiger partial charge in [-0.2, -0.15) is 0 Å². The zero-order chi connectivity index (χ0) is 17.6. The maximum Gasteiger partial charge on any atom is 0.259 e. The summed E-state index contributed by atoms with van der Waals surface area (Å²) in [5.41, 5.74) is 0.829. The van der Waals surface area contributed by atoms with Crippen molar-refractivity contribution in [3.63, 3.8) is 0 Å². The first-order chi connectivity index (χ1) is 12.0. The lowest BCUT2D eigenvalue weighted by molar-refractivity contribution is 0.415. The fraction of sp³-hybridized carbons (Fsp3) is 0.294. The van der Waals surface area contributed by atoms with Gasteiger partial charge < -0.3 is 14.3 Å². The molecule has 130 valence electrons. The molecule has 25 heavy (non-hydrogen) atoms. The number of aromatic amines is 1. The van der Waals surface area contributed by atoms with Crippen LogP contribution in [0.2, 0.25) is 0 Å². The number of rotatable bonds is 3. The topological polar surface area (TPSA) is 94.1 Å². The summed E-state index contributed by atoms with van der Waals surface area (Å²) in [6.45, 7) is 0. The van der Waals surface area contributed by atoms with E-state index in [4.69, 9.17) is 4.74 Å². The first-order valence-corrected chi connectivity index (χ1v) is 9.74. The molecule has 0 saturated carbocycles.